The zero-order valence-corrected chi connectivity index (χ0v) is 13.9. The normalized spacial score (nSPS) is 11.0. The summed E-state index contributed by atoms with van der Waals surface area (Å²) in [4.78, 5) is 22.2. The first kappa shape index (κ1) is 16.1. The quantitative estimate of drug-likeness (QED) is 0.849. The van der Waals surface area contributed by atoms with Crippen molar-refractivity contribution in [2.24, 2.45) is 5.92 Å². The molecule has 0 saturated carbocycles. The van der Waals surface area contributed by atoms with E-state index in [-0.39, 0.29) is 5.91 Å². The fourth-order valence-electron chi connectivity index (χ4n) is 2.38. The summed E-state index contributed by atoms with van der Waals surface area (Å²) in [7, 11) is 1.72. The molecule has 0 N–H and O–H groups in total. The van der Waals surface area contributed by atoms with Gasteiger partial charge in [0.1, 0.15) is 0 Å². The number of amides is 1. The molecule has 2 heterocycles. The van der Waals surface area contributed by atoms with Crippen LogP contribution in [0.1, 0.15) is 30.8 Å². The molecule has 0 aliphatic heterocycles. The highest BCUT2D eigenvalue weighted by Gasteiger charge is 2.19. The average molecular weight is 301 g/mol. The molecule has 22 heavy (non-hydrogen) atoms. The van der Waals surface area contributed by atoms with Gasteiger partial charge in [0, 0.05) is 37.2 Å². The van der Waals surface area contributed by atoms with Crippen LogP contribution in [0.25, 0.3) is 0 Å². The molecular weight excluding hydrogens is 278 g/mol. The molecule has 2 rings (SSSR count). The molecule has 6 nitrogen and oxygen atoms in total. The third kappa shape index (κ3) is 3.50. The number of aromatic nitrogens is 4. The van der Waals surface area contributed by atoms with Crippen molar-refractivity contribution in [2.45, 2.75) is 40.7 Å². The fraction of sp³-hybridized carbons (Fsp3) is 0.500. The molecule has 0 bridgehead atoms. The van der Waals surface area contributed by atoms with Gasteiger partial charge in [-0.2, -0.15) is 5.10 Å². The summed E-state index contributed by atoms with van der Waals surface area (Å²) < 4.78 is 1.99. The van der Waals surface area contributed by atoms with Crippen molar-refractivity contribution in [3.63, 3.8) is 0 Å². The maximum Gasteiger partial charge on any atom is 0.232 e. The highest BCUT2D eigenvalue weighted by Crippen LogP contribution is 2.17. The molecule has 1 amide bonds. The predicted octanol–water partition coefficient (Wildman–Crippen LogP) is 2.15. The van der Waals surface area contributed by atoms with Crippen molar-refractivity contribution < 1.29 is 4.79 Å². The minimum absolute atomic E-state index is 0.0178. The van der Waals surface area contributed by atoms with Gasteiger partial charge in [-0.05, 0) is 19.8 Å². The van der Waals surface area contributed by atoms with Crippen LogP contribution in [-0.2, 0) is 17.8 Å². The van der Waals surface area contributed by atoms with Crippen LogP contribution in [0.3, 0.4) is 0 Å². The van der Waals surface area contributed by atoms with Crippen LogP contribution >= 0.6 is 0 Å². The van der Waals surface area contributed by atoms with Crippen LogP contribution < -0.4 is 4.90 Å². The molecule has 0 aliphatic carbocycles. The second kappa shape index (κ2) is 6.68. The molecule has 0 spiro atoms. The Morgan fingerprint density at radius 1 is 1.32 bits per heavy atom. The molecular formula is C16H23N5O. The third-order valence-corrected chi connectivity index (χ3v) is 3.66. The second-order valence-corrected chi connectivity index (χ2v) is 5.92. The number of hydrogen-bond acceptors (Lipinski definition) is 4. The van der Waals surface area contributed by atoms with Crippen molar-refractivity contribution in [2.75, 3.05) is 11.9 Å². The Kier molecular flexibility index (Phi) is 4.90. The number of nitrogens with zero attached hydrogens (tertiary/aromatic N) is 5. The van der Waals surface area contributed by atoms with Gasteiger partial charge in [0.15, 0.2) is 5.82 Å². The Hall–Kier alpha value is -2.24. The van der Waals surface area contributed by atoms with Crippen LogP contribution in [0.2, 0.25) is 0 Å². The highest BCUT2D eigenvalue weighted by molar-refractivity contribution is 5.93. The van der Waals surface area contributed by atoms with Crippen molar-refractivity contribution in [3.8, 4) is 0 Å². The monoisotopic (exact) mass is 301 g/mol. The number of hydrogen-bond donors (Lipinski definition) is 0. The molecule has 0 saturated heterocycles. The van der Waals surface area contributed by atoms with Crippen molar-refractivity contribution >= 4 is 11.7 Å². The maximum absolute atomic E-state index is 12.5. The van der Waals surface area contributed by atoms with E-state index in [0.29, 0.717) is 18.2 Å². The van der Waals surface area contributed by atoms with Gasteiger partial charge in [0.2, 0.25) is 5.91 Å². The van der Waals surface area contributed by atoms with Crippen molar-refractivity contribution in [1.29, 1.82) is 0 Å². The Balaban J connectivity index is 2.17. The van der Waals surface area contributed by atoms with Gasteiger partial charge >= 0.3 is 0 Å². The Bertz CT molecular complexity index is 648. The summed E-state index contributed by atoms with van der Waals surface area (Å²) in [6, 6.07) is 0. The Morgan fingerprint density at radius 3 is 2.64 bits per heavy atom. The molecule has 0 fully saturated rings. The van der Waals surface area contributed by atoms with Crippen molar-refractivity contribution in [1.82, 2.24) is 19.7 Å². The molecule has 0 aromatic carbocycles. The number of anilines is 1. The van der Waals surface area contributed by atoms with Crippen LogP contribution in [0.5, 0.6) is 0 Å². The molecule has 0 unspecified atom stereocenters. The van der Waals surface area contributed by atoms with Crippen molar-refractivity contribution in [3.05, 3.63) is 35.5 Å². The molecule has 2 aromatic heterocycles. The molecule has 118 valence electrons. The van der Waals surface area contributed by atoms with Crippen LogP contribution in [0.15, 0.2) is 18.6 Å². The lowest BCUT2D eigenvalue weighted by Gasteiger charge is -2.15. The molecule has 2 aromatic rings. The molecule has 0 aliphatic rings. The summed E-state index contributed by atoms with van der Waals surface area (Å²) in [6.07, 6.45) is 5.07. The smallest absolute Gasteiger partial charge is 0.232 e. The fourth-order valence-corrected chi connectivity index (χ4v) is 2.38. The lowest BCUT2D eigenvalue weighted by molar-refractivity contribution is -0.117. The zero-order valence-electron chi connectivity index (χ0n) is 13.9. The number of carbonyl (C=O) groups excluding carboxylic acids is 1. The van der Waals surface area contributed by atoms with Crippen LogP contribution in [0, 0.1) is 19.8 Å². The summed E-state index contributed by atoms with van der Waals surface area (Å²) in [5, 5.41) is 4.55. The molecule has 0 atom stereocenters. The molecule has 0 radical (unpaired) electrons. The van der Waals surface area contributed by atoms with E-state index in [0.717, 1.165) is 23.5 Å². The molecule has 6 heteroatoms. The van der Waals surface area contributed by atoms with E-state index in [1.54, 1.807) is 25.6 Å². The summed E-state index contributed by atoms with van der Waals surface area (Å²) in [6.45, 7) is 9.15. The summed E-state index contributed by atoms with van der Waals surface area (Å²) >= 11 is 0. The topological polar surface area (TPSA) is 63.9 Å². The van der Waals surface area contributed by atoms with Gasteiger partial charge in [-0.3, -0.25) is 19.4 Å². The number of carbonyl (C=O) groups is 1. The number of aryl methyl sites for hydroxylation is 1. The van der Waals surface area contributed by atoms with E-state index >= 15 is 0 Å². The van der Waals surface area contributed by atoms with E-state index < -0.39 is 0 Å². The minimum atomic E-state index is -0.0178. The van der Waals surface area contributed by atoms with Crippen LogP contribution in [-0.4, -0.2) is 32.7 Å². The lowest BCUT2D eigenvalue weighted by atomic mass is 10.1. The third-order valence-electron chi connectivity index (χ3n) is 3.66. The second-order valence-electron chi connectivity index (χ2n) is 5.92. The standard InChI is InChI=1S/C16H23N5O/c1-11(2)10-21-13(4)14(12(3)19-21)8-16(22)20(5)15-9-17-6-7-18-15/h6-7,9,11H,8,10H2,1-5H3. The zero-order chi connectivity index (χ0) is 16.3. The summed E-state index contributed by atoms with van der Waals surface area (Å²) in [5.41, 5.74) is 2.98. The van der Waals surface area contributed by atoms with E-state index in [4.69, 9.17) is 0 Å². The predicted molar refractivity (Wildman–Crippen MR) is 85.7 cm³/mol. The minimum Gasteiger partial charge on any atom is -0.298 e. The first-order valence-corrected chi connectivity index (χ1v) is 7.45. The van der Waals surface area contributed by atoms with E-state index in [1.807, 2.05) is 18.5 Å². The number of rotatable bonds is 5. The van der Waals surface area contributed by atoms with Crippen LogP contribution in [0.4, 0.5) is 5.82 Å². The van der Waals surface area contributed by atoms with Gasteiger partial charge in [0.25, 0.3) is 0 Å². The largest absolute Gasteiger partial charge is 0.298 e. The van der Waals surface area contributed by atoms with E-state index in [9.17, 15) is 4.79 Å². The number of likely N-dealkylation sites (N-methyl/N-ethyl adjacent to an activating group) is 1. The SMILES string of the molecule is Cc1nn(CC(C)C)c(C)c1CC(=O)N(C)c1cnccn1. The van der Waals surface area contributed by atoms with E-state index in [2.05, 4.69) is 28.9 Å². The van der Waals surface area contributed by atoms with Gasteiger partial charge in [-0.15, -0.1) is 0 Å². The Labute approximate surface area is 131 Å². The first-order chi connectivity index (χ1) is 10.4. The van der Waals surface area contributed by atoms with E-state index in [1.165, 1.54) is 4.90 Å². The van der Waals surface area contributed by atoms with Gasteiger partial charge in [0.05, 0.1) is 18.3 Å². The lowest BCUT2D eigenvalue weighted by Crippen LogP contribution is -2.29. The Morgan fingerprint density at radius 2 is 2.05 bits per heavy atom. The maximum atomic E-state index is 12.5. The summed E-state index contributed by atoms with van der Waals surface area (Å²) in [5.74, 6) is 1.05. The van der Waals surface area contributed by atoms with Gasteiger partial charge in [-0.25, -0.2) is 4.98 Å². The van der Waals surface area contributed by atoms with Gasteiger partial charge < -0.3 is 0 Å². The first-order valence-electron chi connectivity index (χ1n) is 7.45. The average Bonchev–Trinajstić information content (AvgIpc) is 2.74. The highest BCUT2D eigenvalue weighted by atomic mass is 16.2. The van der Waals surface area contributed by atoms with Gasteiger partial charge in [-0.1, -0.05) is 13.8 Å².